The molecule has 0 bridgehead atoms. The van der Waals surface area contributed by atoms with E-state index in [9.17, 15) is 10.1 Å². The molecule has 6 heteroatoms. The van der Waals surface area contributed by atoms with Gasteiger partial charge in [0.15, 0.2) is 5.75 Å². The van der Waals surface area contributed by atoms with Gasteiger partial charge in [0.1, 0.15) is 12.4 Å². The van der Waals surface area contributed by atoms with Gasteiger partial charge in [-0.3, -0.25) is 9.69 Å². The number of aromatic nitrogens is 1. The van der Waals surface area contributed by atoms with Crippen LogP contribution in [0.15, 0.2) is 65.6 Å². The molecule has 0 saturated carbocycles. The predicted molar refractivity (Wildman–Crippen MR) is 113 cm³/mol. The van der Waals surface area contributed by atoms with Crippen molar-refractivity contribution in [2.24, 2.45) is 0 Å². The van der Waals surface area contributed by atoms with E-state index in [1.165, 1.54) is 0 Å². The van der Waals surface area contributed by atoms with Gasteiger partial charge in [0, 0.05) is 37.9 Å². The van der Waals surface area contributed by atoms with E-state index >= 15 is 0 Å². The molecule has 4 rings (SSSR count). The number of nitriles is 1. The molecule has 0 radical (unpaired) electrons. The topological polar surface area (TPSA) is 67.5 Å². The Morgan fingerprint density at radius 3 is 2.67 bits per heavy atom. The Kier molecular flexibility index (Phi) is 5.82. The van der Waals surface area contributed by atoms with E-state index < -0.39 is 0 Å². The lowest BCUT2D eigenvalue weighted by atomic mass is 10.1. The number of ether oxygens (including phenoxy) is 2. The first-order valence-corrected chi connectivity index (χ1v) is 9.86. The molecule has 0 aliphatic carbocycles. The number of hydrogen-bond acceptors (Lipinski definition) is 5. The van der Waals surface area contributed by atoms with Crippen LogP contribution in [0.4, 0.5) is 0 Å². The summed E-state index contributed by atoms with van der Waals surface area (Å²) in [5, 5.41) is 9.30. The van der Waals surface area contributed by atoms with E-state index in [-0.39, 0.29) is 5.43 Å². The predicted octanol–water partition coefficient (Wildman–Crippen LogP) is 3.32. The third-order valence-corrected chi connectivity index (χ3v) is 5.31. The highest BCUT2D eigenvalue weighted by atomic mass is 16.5. The fraction of sp³-hybridized carbons (Fsp3) is 0.250. The summed E-state index contributed by atoms with van der Waals surface area (Å²) >= 11 is 0. The zero-order valence-electron chi connectivity index (χ0n) is 16.9. The highest BCUT2D eigenvalue weighted by molar-refractivity contribution is 5.37. The molecule has 0 saturated heterocycles. The van der Waals surface area contributed by atoms with Crippen molar-refractivity contribution in [1.29, 1.82) is 5.26 Å². The smallest absolute Gasteiger partial charge is 0.223 e. The first-order valence-electron chi connectivity index (χ1n) is 9.86. The van der Waals surface area contributed by atoms with Crippen LogP contribution in [0, 0.1) is 11.3 Å². The number of pyridine rings is 1. The van der Waals surface area contributed by atoms with Crippen LogP contribution in [-0.4, -0.2) is 23.1 Å². The van der Waals surface area contributed by atoms with Crippen molar-refractivity contribution in [3.05, 3.63) is 93.4 Å². The van der Waals surface area contributed by atoms with Gasteiger partial charge in [-0.05, 0) is 29.3 Å². The summed E-state index contributed by atoms with van der Waals surface area (Å²) < 4.78 is 13.0. The van der Waals surface area contributed by atoms with E-state index in [0.29, 0.717) is 31.0 Å². The van der Waals surface area contributed by atoms with E-state index in [1.807, 2.05) is 54.7 Å². The summed E-state index contributed by atoms with van der Waals surface area (Å²) in [4.78, 5) is 14.8. The Morgan fingerprint density at radius 1 is 1.10 bits per heavy atom. The fourth-order valence-electron chi connectivity index (χ4n) is 3.63. The van der Waals surface area contributed by atoms with E-state index in [2.05, 4.69) is 15.5 Å². The molecule has 152 valence electrons. The molecule has 0 spiro atoms. The Morgan fingerprint density at radius 2 is 1.90 bits per heavy atom. The number of benzene rings is 2. The van der Waals surface area contributed by atoms with Gasteiger partial charge >= 0.3 is 0 Å². The molecule has 0 atom stereocenters. The van der Waals surface area contributed by atoms with Crippen LogP contribution in [-0.2, 0) is 26.2 Å². The summed E-state index contributed by atoms with van der Waals surface area (Å²) in [7, 11) is 1.63. The van der Waals surface area contributed by atoms with Crippen molar-refractivity contribution in [3.63, 3.8) is 0 Å². The van der Waals surface area contributed by atoms with Crippen molar-refractivity contribution in [1.82, 2.24) is 9.47 Å². The van der Waals surface area contributed by atoms with Crippen LogP contribution < -0.4 is 14.9 Å². The summed E-state index contributed by atoms with van der Waals surface area (Å²) in [6.45, 7) is 3.29. The first-order chi connectivity index (χ1) is 14.7. The van der Waals surface area contributed by atoms with Crippen molar-refractivity contribution < 1.29 is 9.47 Å². The molecule has 0 unspecified atom stereocenters. The van der Waals surface area contributed by atoms with E-state index in [4.69, 9.17) is 9.47 Å². The Labute approximate surface area is 175 Å². The van der Waals surface area contributed by atoms with Crippen LogP contribution in [0.1, 0.15) is 22.4 Å². The number of fused-ring (bicyclic) bond motifs is 1. The molecule has 3 aromatic rings. The van der Waals surface area contributed by atoms with Crippen molar-refractivity contribution >= 4 is 0 Å². The second kappa shape index (κ2) is 8.85. The van der Waals surface area contributed by atoms with E-state index in [1.54, 1.807) is 13.2 Å². The first kappa shape index (κ1) is 19.7. The Balaban J connectivity index is 1.44. The average Bonchev–Trinajstić information content (AvgIpc) is 2.78. The summed E-state index contributed by atoms with van der Waals surface area (Å²) in [6.07, 6.45) is 1.81. The lowest BCUT2D eigenvalue weighted by molar-refractivity contribution is 0.208. The fourth-order valence-corrected chi connectivity index (χ4v) is 3.63. The minimum absolute atomic E-state index is 0.117. The summed E-state index contributed by atoms with van der Waals surface area (Å²) in [6, 6.07) is 19.1. The number of rotatable bonds is 6. The highest BCUT2D eigenvalue weighted by Gasteiger charge is 2.18. The lowest BCUT2D eigenvalue weighted by Crippen LogP contribution is -2.35. The second-order valence-corrected chi connectivity index (χ2v) is 7.30. The zero-order chi connectivity index (χ0) is 20.9. The van der Waals surface area contributed by atoms with Crippen molar-refractivity contribution in [2.45, 2.75) is 26.2 Å². The maximum atomic E-state index is 12.6. The largest absolute Gasteiger partial charge is 0.497 e. The number of nitrogens with zero attached hydrogens (tertiary/aromatic N) is 3. The van der Waals surface area contributed by atoms with Crippen molar-refractivity contribution in [3.8, 4) is 17.6 Å². The zero-order valence-corrected chi connectivity index (χ0v) is 16.9. The summed E-state index contributed by atoms with van der Waals surface area (Å²) in [5.74, 6) is 1.15. The molecule has 0 N–H and O–H groups in total. The molecule has 1 aliphatic rings. The molecule has 1 aromatic heterocycles. The van der Waals surface area contributed by atoms with Crippen LogP contribution in [0.2, 0.25) is 0 Å². The molecule has 6 nitrogen and oxygen atoms in total. The van der Waals surface area contributed by atoms with Gasteiger partial charge < -0.3 is 14.0 Å². The minimum Gasteiger partial charge on any atom is -0.497 e. The number of methoxy groups -OCH3 is 1. The molecule has 1 aliphatic heterocycles. The molecule has 2 heterocycles. The normalized spacial score (nSPS) is 13.3. The molecular weight excluding hydrogens is 378 g/mol. The maximum absolute atomic E-state index is 12.6. The molecule has 0 fully saturated rings. The van der Waals surface area contributed by atoms with Crippen LogP contribution in [0.5, 0.6) is 11.5 Å². The monoisotopic (exact) mass is 401 g/mol. The van der Waals surface area contributed by atoms with Gasteiger partial charge in [0.2, 0.25) is 5.43 Å². The van der Waals surface area contributed by atoms with E-state index in [0.717, 1.165) is 35.7 Å². The van der Waals surface area contributed by atoms with Crippen LogP contribution >= 0.6 is 0 Å². The third-order valence-electron chi connectivity index (χ3n) is 5.31. The van der Waals surface area contributed by atoms with Crippen LogP contribution in [0.3, 0.4) is 0 Å². The minimum atomic E-state index is -0.117. The second-order valence-electron chi connectivity index (χ2n) is 7.30. The van der Waals surface area contributed by atoms with Gasteiger partial charge in [-0.25, -0.2) is 0 Å². The Hall–Kier alpha value is -3.56. The standard InChI is InChI=1S/C24H23N3O3/c1-29-22-8-6-18(7-9-22)17-30-24-16-27-11-10-26(15-21(27)12-23(24)28)14-20-5-3-2-4-19(20)13-25/h2-9,12,16H,10-11,14-15,17H2,1H3. The van der Waals surface area contributed by atoms with Gasteiger partial charge in [0.05, 0.1) is 24.9 Å². The maximum Gasteiger partial charge on any atom is 0.223 e. The third kappa shape index (κ3) is 4.37. The van der Waals surface area contributed by atoms with Gasteiger partial charge in [0.25, 0.3) is 0 Å². The SMILES string of the molecule is COc1ccc(COc2cn3c(cc2=O)CN(Cc2ccccc2C#N)CC3)cc1. The molecule has 2 aromatic carbocycles. The molecule has 30 heavy (non-hydrogen) atoms. The summed E-state index contributed by atoms with van der Waals surface area (Å²) in [5.41, 5.74) is 3.52. The van der Waals surface area contributed by atoms with Crippen LogP contribution in [0.25, 0.3) is 0 Å². The molecular formula is C24H23N3O3. The lowest BCUT2D eigenvalue weighted by Gasteiger charge is -2.30. The van der Waals surface area contributed by atoms with Gasteiger partial charge in [-0.15, -0.1) is 0 Å². The molecule has 0 amide bonds. The van der Waals surface area contributed by atoms with Crippen molar-refractivity contribution in [2.75, 3.05) is 13.7 Å². The Bertz CT molecular complexity index is 1130. The highest BCUT2D eigenvalue weighted by Crippen LogP contribution is 2.19. The quantitative estimate of drug-likeness (QED) is 0.634. The average molecular weight is 401 g/mol. The van der Waals surface area contributed by atoms with Gasteiger partial charge in [-0.2, -0.15) is 5.26 Å². The number of hydrogen-bond donors (Lipinski definition) is 0. The van der Waals surface area contributed by atoms with Gasteiger partial charge in [-0.1, -0.05) is 30.3 Å².